The minimum atomic E-state index is -0.306. The Hall–Kier alpha value is -1.53. The van der Waals surface area contributed by atoms with Gasteiger partial charge in [0.2, 0.25) is 0 Å². The SMILES string of the molecule is C=C(C#CCCCO)/C=C/COC(C)=O. The first-order valence-electron chi connectivity index (χ1n) is 4.75. The fourth-order valence-electron chi connectivity index (χ4n) is 0.741. The van der Waals surface area contributed by atoms with E-state index >= 15 is 0 Å². The number of allylic oxidation sites excluding steroid dienone is 2. The Balaban J connectivity index is 3.71. The van der Waals surface area contributed by atoms with Crippen molar-refractivity contribution in [1.82, 2.24) is 0 Å². The second-order valence-electron chi connectivity index (χ2n) is 2.86. The van der Waals surface area contributed by atoms with Crippen LogP contribution in [-0.2, 0) is 9.53 Å². The standard InChI is InChI=1S/C12H16O3/c1-11(7-4-3-5-9-13)8-6-10-15-12(2)14/h6,8,13H,1,3,5,9-10H2,2H3/b8-6+. The van der Waals surface area contributed by atoms with E-state index in [0.29, 0.717) is 18.4 Å². The van der Waals surface area contributed by atoms with E-state index in [2.05, 4.69) is 23.2 Å². The fourth-order valence-corrected chi connectivity index (χ4v) is 0.741. The second-order valence-corrected chi connectivity index (χ2v) is 2.86. The summed E-state index contributed by atoms with van der Waals surface area (Å²) in [5.41, 5.74) is 0.667. The summed E-state index contributed by atoms with van der Waals surface area (Å²) in [5, 5.41) is 8.50. The Bertz CT molecular complexity index is 292. The highest BCUT2D eigenvalue weighted by molar-refractivity contribution is 5.66. The summed E-state index contributed by atoms with van der Waals surface area (Å²) >= 11 is 0. The highest BCUT2D eigenvalue weighted by Crippen LogP contribution is 1.92. The van der Waals surface area contributed by atoms with Crippen molar-refractivity contribution < 1.29 is 14.6 Å². The van der Waals surface area contributed by atoms with Gasteiger partial charge in [-0.05, 0) is 18.6 Å². The lowest BCUT2D eigenvalue weighted by molar-refractivity contribution is -0.139. The number of esters is 1. The number of hydrogen-bond donors (Lipinski definition) is 1. The summed E-state index contributed by atoms with van der Waals surface area (Å²) in [7, 11) is 0. The largest absolute Gasteiger partial charge is 0.462 e. The molecule has 0 radical (unpaired) electrons. The zero-order valence-corrected chi connectivity index (χ0v) is 8.95. The number of hydrogen-bond acceptors (Lipinski definition) is 3. The van der Waals surface area contributed by atoms with Gasteiger partial charge in [0.1, 0.15) is 6.61 Å². The van der Waals surface area contributed by atoms with E-state index in [1.54, 1.807) is 12.2 Å². The van der Waals surface area contributed by atoms with Crippen LogP contribution in [0.5, 0.6) is 0 Å². The molecule has 1 N–H and O–H groups in total. The molecule has 0 aromatic rings. The molecule has 0 aromatic heterocycles. The highest BCUT2D eigenvalue weighted by Gasteiger charge is 1.86. The van der Waals surface area contributed by atoms with Gasteiger partial charge in [-0.3, -0.25) is 4.79 Å². The summed E-state index contributed by atoms with van der Waals surface area (Å²) in [5.74, 6) is 5.38. The van der Waals surface area contributed by atoms with Crippen molar-refractivity contribution in [2.24, 2.45) is 0 Å². The van der Waals surface area contributed by atoms with Crippen LogP contribution in [0.1, 0.15) is 19.8 Å². The van der Waals surface area contributed by atoms with Crippen LogP contribution in [0.2, 0.25) is 0 Å². The lowest BCUT2D eigenvalue weighted by atomic mass is 10.2. The molecule has 0 aromatic carbocycles. The lowest BCUT2D eigenvalue weighted by Crippen LogP contribution is -1.97. The molecule has 0 atom stereocenters. The quantitative estimate of drug-likeness (QED) is 0.322. The molecule has 0 amide bonds. The number of aliphatic hydroxyl groups is 1. The van der Waals surface area contributed by atoms with E-state index < -0.39 is 0 Å². The average molecular weight is 208 g/mol. The third-order valence-electron chi connectivity index (χ3n) is 1.41. The van der Waals surface area contributed by atoms with Crippen LogP contribution in [-0.4, -0.2) is 24.3 Å². The maximum absolute atomic E-state index is 10.4. The Morgan fingerprint density at radius 1 is 1.60 bits per heavy atom. The molecule has 0 saturated carbocycles. The highest BCUT2D eigenvalue weighted by atomic mass is 16.5. The maximum atomic E-state index is 10.4. The molecule has 82 valence electrons. The predicted octanol–water partition coefficient (Wildman–Crippen LogP) is 1.44. The Labute approximate surface area is 90.4 Å². The van der Waals surface area contributed by atoms with Crippen molar-refractivity contribution in [3.8, 4) is 11.8 Å². The van der Waals surface area contributed by atoms with Crippen LogP contribution in [0, 0.1) is 11.8 Å². The Morgan fingerprint density at radius 3 is 2.93 bits per heavy atom. The summed E-state index contributed by atoms with van der Waals surface area (Å²) in [6.07, 6.45) is 4.73. The molecule has 0 spiro atoms. The number of carbonyl (C=O) groups is 1. The van der Waals surface area contributed by atoms with Gasteiger partial charge in [-0.2, -0.15) is 0 Å². The molecule has 0 bridgehead atoms. The van der Waals surface area contributed by atoms with Gasteiger partial charge in [-0.1, -0.05) is 18.4 Å². The van der Waals surface area contributed by atoms with E-state index in [1.807, 2.05) is 0 Å². The van der Waals surface area contributed by atoms with E-state index in [4.69, 9.17) is 5.11 Å². The van der Waals surface area contributed by atoms with Crippen LogP contribution >= 0.6 is 0 Å². The Kier molecular flexibility index (Phi) is 8.12. The predicted molar refractivity (Wildman–Crippen MR) is 59.0 cm³/mol. The smallest absolute Gasteiger partial charge is 0.302 e. The molecule has 0 aliphatic rings. The third kappa shape index (κ3) is 10.4. The number of rotatable bonds is 5. The minimum absolute atomic E-state index is 0.156. The van der Waals surface area contributed by atoms with Crippen molar-refractivity contribution in [2.75, 3.05) is 13.2 Å². The maximum Gasteiger partial charge on any atom is 0.302 e. The molecule has 3 heteroatoms. The van der Waals surface area contributed by atoms with Crippen LogP contribution in [0.4, 0.5) is 0 Å². The molecule has 0 unspecified atom stereocenters. The van der Waals surface area contributed by atoms with Crippen LogP contribution in [0.3, 0.4) is 0 Å². The van der Waals surface area contributed by atoms with Gasteiger partial charge < -0.3 is 9.84 Å². The van der Waals surface area contributed by atoms with E-state index in [1.165, 1.54) is 6.92 Å². The van der Waals surface area contributed by atoms with Crippen molar-refractivity contribution >= 4 is 5.97 Å². The summed E-state index contributed by atoms with van der Waals surface area (Å²) in [6.45, 7) is 5.46. The monoisotopic (exact) mass is 208 g/mol. The number of aliphatic hydroxyl groups excluding tert-OH is 1. The second kappa shape index (κ2) is 9.04. The van der Waals surface area contributed by atoms with E-state index in [-0.39, 0.29) is 19.2 Å². The zero-order valence-electron chi connectivity index (χ0n) is 8.95. The van der Waals surface area contributed by atoms with Crippen molar-refractivity contribution in [3.05, 3.63) is 24.3 Å². The summed E-state index contributed by atoms with van der Waals surface area (Å²) < 4.78 is 4.69. The molecular weight excluding hydrogens is 192 g/mol. The van der Waals surface area contributed by atoms with Crippen LogP contribution in [0.25, 0.3) is 0 Å². The lowest BCUT2D eigenvalue weighted by Gasteiger charge is -1.93. The minimum Gasteiger partial charge on any atom is -0.462 e. The number of carbonyl (C=O) groups excluding carboxylic acids is 1. The first-order chi connectivity index (χ1) is 7.16. The first kappa shape index (κ1) is 13.5. The molecule has 3 nitrogen and oxygen atoms in total. The first-order valence-corrected chi connectivity index (χ1v) is 4.75. The van der Waals surface area contributed by atoms with Crippen molar-refractivity contribution in [2.45, 2.75) is 19.8 Å². The fraction of sp³-hybridized carbons (Fsp3) is 0.417. The van der Waals surface area contributed by atoms with Crippen LogP contribution < -0.4 is 0 Å². The van der Waals surface area contributed by atoms with Crippen molar-refractivity contribution in [3.63, 3.8) is 0 Å². The summed E-state index contributed by atoms with van der Waals surface area (Å²) in [6, 6.07) is 0. The molecule has 0 aliphatic carbocycles. The van der Waals surface area contributed by atoms with Gasteiger partial charge in [-0.25, -0.2) is 0 Å². The molecule has 0 rings (SSSR count). The number of unbranched alkanes of at least 4 members (excludes halogenated alkanes) is 1. The van der Waals surface area contributed by atoms with E-state index in [0.717, 1.165) is 0 Å². The molecule has 0 saturated heterocycles. The third-order valence-corrected chi connectivity index (χ3v) is 1.41. The van der Waals surface area contributed by atoms with Gasteiger partial charge in [0.15, 0.2) is 0 Å². The molecule has 0 aliphatic heterocycles. The summed E-state index contributed by atoms with van der Waals surface area (Å²) in [4.78, 5) is 10.4. The zero-order chi connectivity index (χ0) is 11.5. The Morgan fingerprint density at radius 2 is 2.33 bits per heavy atom. The topological polar surface area (TPSA) is 46.5 Å². The molecule has 15 heavy (non-hydrogen) atoms. The van der Waals surface area contributed by atoms with Gasteiger partial charge in [0.05, 0.1) is 0 Å². The number of ether oxygens (including phenoxy) is 1. The normalized spacial score (nSPS) is 9.47. The van der Waals surface area contributed by atoms with Gasteiger partial charge in [0, 0.05) is 25.5 Å². The average Bonchev–Trinajstić information content (AvgIpc) is 2.19. The molecule has 0 fully saturated rings. The van der Waals surface area contributed by atoms with Crippen molar-refractivity contribution in [1.29, 1.82) is 0 Å². The van der Waals surface area contributed by atoms with E-state index in [9.17, 15) is 4.79 Å². The van der Waals surface area contributed by atoms with Gasteiger partial charge in [-0.15, -0.1) is 0 Å². The molecular formula is C12H16O3. The van der Waals surface area contributed by atoms with Gasteiger partial charge >= 0.3 is 5.97 Å². The van der Waals surface area contributed by atoms with Gasteiger partial charge in [0.25, 0.3) is 0 Å². The van der Waals surface area contributed by atoms with Crippen LogP contribution in [0.15, 0.2) is 24.3 Å². The molecule has 0 heterocycles.